The fourth-order valence-electron chi connectivity index (χ4n) is 1.46. The van der Waals surface area contributed by atoms with Crippen molar-refractivity contribution in [3.05, 3.63) is 50.5 Å². The molecule has 92 valence electrons. The van der Waals surface area contributed by atoms with Gasteiger partial charge in [0.2, 0.25) is 0 Å². The second-order valence-electron chi connectivity index (χ2n) is 3.27. The van der Waals surface area contributed by atoms with Gasteiger partial charge < -0.3 is 5.73 Å². The Kier molecular flexibility index (Phi) is 2.64. The average Bonchev–Trinajstić information content (AvgIpc) is 2.71. The SMILES string of the molecule is NC(=O)c1c(=O)o[nH][n+]1-c1ccccc1[N+](=O)[O-]. The van der Waals surface area contributed by atoms with Crippen LogP contribution in [-0.2, 0) is 0 Å². The maximum atomic E-state index is 11.2. The summed E-state index contributed by atoms with van der Waals surface area (Å²) in [6.45, 7) is 0. The molecule has 2 aromatic rings. The number of nitrogens with zero attached hydrogens (tertiary/aromatic N) is 2. The van der Waals surface area contributed by atoms with E-state index in [4.69, 9.17) is 5.73 Å². The quantitative estimate of drug-likeness (QED) is 0.420. The fourth-order valence-corrected chi connectivity index (χ4v) is 1.46. The maximum Gasteiger partial charge on any atom is 0.441 e. The minimum absolute atomic E-state index is 0.0258. The molecule has 0 aliphatic heterocycles. The van der Waals surface area contributed by atoms with Crippen molar-refractivity contribution in [3.63, 3.8) is 0 Å². The highest BCUT2D eigenvalue weighted by molar-refractivity contribution is 5.88. The van der Waals surface area contributed by atoms with Crippen molar-refractivity contribution in [2.75, 3.05) is 0 Å². The summed E-state index contributed by atoms with van der Waals surface area (Å²) < 4.78 is 5.24. The van der Waals surface area contributed by atoms with E-state index in [1.54, 1.807) is 0 Å². The number of benzene rings is 1. The summed E-state index contributed by atoms with van der Waals surface area (Å²) in [5, 5.41) is 12.9. The molecular weight excluding hydrogens is 244 g/mol. The molecule has 1 amide bonds. The fraction of sp³-hybridized carbons (Fsp3) is 0. The molecule has 1 heterocycles. The molecule has 0 fully saturated rings. The van der Waals surface area contributed by atoms with Gasteiger partial charge in [0.15, 0.2) is 0 Å². The Hall–Kier alpha value is -2.97. The first-order valence-electron chi connectivity index (χ1n) is 4.69. The summed E-state index contributed by atoms with van der Waals surface area (Å²) >= 11 is 0. The van der Waals surface area contributed by atoms with E-state index in [9.17, 15) is 19.7 Å². The van der Waals surface area contributed by atoms with E-state index in [2.05, 4.69) is 9.79 Å². The molecular formula is C9H7N4O5+. The number of nitro groups is 1. The lowest BCUT2D eigenvalue weighted by atomic mass is 10.2. The summed E-state index contributed by atoms with van der Waals surface area (Å²) in [4.78, 5) is 32.5. The van der Waals surface area contributed by atoms with Gasteiger partial charge in [0.25, 0.3) is 0 Å². The third kappa shape index (κ3) is 1.73. The van der Waals surface area contributed by atoms with E-state index in [0.29, 0.717) is 0 Å². The van der Waals surface area contributed by atoms with E-state index in [1.807, 2.05) is 0 Å². The van der Waals surface area contributed by atoms with Crippen LogP contribution in [0.2, 0.25) is 0 Å². The number of amides is 1. The topological polar surface area (TPSA) is 136 Å². The Morgan fingerprint density at radius 3 is 2.72 bits per heavy atom. The van der Waals surface area contributed by atoms with Crippen LogP contribution in [0, 0.1) is 10.1 Å². The molecule has 0 unspecified atom stereocenters. The second kappa shape index (κ2) is 4.13. The van der Waals surface area contributed by atoms with Crippen LogP contribution in [0.4, 0.5) is 5.69 Å². The molecule has 9 heteroatoms. The first-order chi connectivity index (χ1) is 8.52. The number of nitro benzene ring substituents is 1. The number of hydrogen-bond acceptors (Lipinski definition) is 5. The highest BCUT2D eigenvalue weighted by Crippen LogP contribution is 2.16. The summed E-state index contributed by atoms with van der Waals surface area (Å²) in [6, 6.07) is 5.52. The van der Waals surface area contributed by atoms with Crippen molar-refractivity contribution in [3.8, 4) is 5.69 Å². The van der Waals surface area contributed by atoms with Crippen molar-refractivity contribution in [2.24, 2.45) is 5.73 Å². The number of primary amides is 1. The van der Waals surface area contributed by atoms with Crippen LogP contribution in [0.15, 0.2) is 33.6 Å². The van der Waals surface area contributed by atoms with E-state index in [1.165, 1.54) is 24.3 Å². The predicted molar refractivity (Wildman–Crippen MR) is 56.0 cm³/mol. The Balaban J connectivity index is 2.74. The van der Waals surface area contributed by atoms with E-state index < -0.39 is 22.2 Å². The Bertz CT molecular complexity index is 686. The van der Waals surface area contributed by atoms with Crippen molar-refractivity contribution < 1.29 is 18.9 Å². The smallest absolute Gasteiger partial charge is 0.360 e. The monoisotopic (exact) mass is 251 g/mol. The number of nitrogens with one attached hydrogen (secondary N) is 1. The normalized spacial score (nSPS) is 10.2. The van der Waals surface area contributed by atoms with Crippen LogP contribution in [0.3, 0.4) is 0 Å². The summed E-state index contributed by atoms with van der Waals surface area (Å²) in [7, 11) is 0. The standard InChI is InChI=1S/C9H6N4O5/c10-8(14)7-9(15)18-11-12(7)5-3-1-2-4-6(5)13(16)17/h1-4H,(H2-,10,11,14,15)/p+1. The van der Waals surface area contributed by atoms with E-state index in [0.717, 1.165) is 4.68 Å². The van der Waals surface area contributed by atoms with Crippen LogP contribution in [0.1, 0.15) is 10.5 Å². The van der Waals surface area contributed by atoms with Gasteiger partial charge in [-0.25, -0.2) is 4.79 Å². The number of para-hydroxylation sites is 2. The number of hydrogen-bond donors (Lipinski definition) is 2. The van der Waals surface area contributed by atoms with Gasteiger partial charge in [-0.05, 0) is 9.95 Å². The lowest BCUT2D eigenvalue weighted by Crippen LogP contribution is -2.43. The number of rotatable bonds is 3. The molecule has 0 spiro atoms. The van der Waals surface area contributed by atoms with Crippen LogP contribution >= 0.6 is 0 Å². The van der Waals surface area contributed by atoms with Crippen LogP contribution in [0.25, 0.3) is 5.69 Å². The molecule has 0 saturated heterocycles. The Morgan fingerprint density at radius 2 is 2.11 bits per heavy atom. The number of H-pyrrole nitrogens is 1. The summed E-state index contributed by atoms with van der Waals surface area (Å²) in [6.07, 6.45) is 0. The third-order valence-corrected chi connectivity index (χ3v) is 2.20. The third-order valence-electron chi connectivity index (χ3n) is 2.20. The zero-order chi connectivity index (χ0) is 13.3. The number of aromatic amines is 1. The van der Waals surface area contributed by atoms with Gasteiger partial charge in [0, 0.05) is 12.1 Å². The van der Waals surface area contributed by atoms with Crippen molar-refractivity contribution in [1.82, 2.24) is 5.27 Å². The first kappa shape index (κ1) is 11.5. The molecule has 0 atom stereocenters. The maximum absolute atomic E-state index is 11.2. The molecule has 0 aliphatic carbocycles. The molecule has 3 N–H and O–H groups in total. The van der Waals surface area contributed by atoms with Gasteiger partial charge in [-0.2, -0.15) is 0 Å². The van der Waals surface area contributed by atoms with Crippen molar-refractivity contribution >= 4 is 11.6 Å². The van der Waals surface area contributed by atoms with Gasteiger partial charge in [0.1, 0.15) is 0 Å². The summed E-state index contributed by atoms with van der Waals surface area (Å²) in [5.74, 6) is -1.05. The Morgan fingerprint density at radius 1 is 1.44 bits per heavy atom. The highest BCUT2D eigenvalue weighted by Gasteiger charge is 2.33. The van der Waals surface area contributed by atoms with Crippen molar-refractivity contribution in [1.29, 1.82) is 0 Å². The van der Waals surface area contributed by atoms with Gasteiger partial charge in [-0.15, -0.1) is 0 Å². The molecule has 1 aromatic carbocycles. The molecule has 18 heavy (non-hydrogen) atoms. The zero-order valence-corrected chi connectivity index (χ0v) is 8.82. The van der Waals surface area contributed by atoms with Crippen LogP contribution in [0.5, 0.6) is 0 Å². The number of aromatic nitrogens is 2. The molecule has 0 radical (unpaired) electrons. The first-order valence-corrected chi connectivity index (χ1v) is 4.69. The number of nitrogens with two attached hydrogens (primary N) is 1. The van der Waals surface area contributed by atoms with Gasteiger partial charge in [0.05, 0.1) is 4.92 Å². The van der Waals surface area contributed by atoms with Crippen molar-refractivity contribution in [2.45, 2.75) is 0 Å². The summed E-state index contributed by atoms with van der Waals surface area (Å²) in [5.41, 5.74) is 3.16. The lowest BCUT2D eigenvalue weighted by molar-refractivity contribution is -0.675. The largest absolute Gasteiger partial charge is 0.441 e. The molecule has 9 nitrogen and oxygen atoms in total. The van der Waals surface area contributed by atoms with Gasteiger partial charge >= 0.3 is 28.6 Å². The zero-order valence-electron chi connectivity index (χ0n) is 8.82. The van der Waals surface area contributed by atoms with Gasteiger partial charge in [-0.3, -0.25) is 19.4 Å². The minimum Gasteiger partial charge on any atom is -0.360 e. The number of carbonyl (C=O) groups excluding carboxylic acids is 1. The highest BCUT2D eigenvalue weighted by atomic mass is 16.6. The lowest BCUT2D eigenvalue weighted by Gasteiger charge is -1.93. The minimum atomic E-state index is -1.05. The average molecular weight is 251 g/mol. The Labute approximate surface area is 98.5 Å². The second-order valence-corrected chi connectivity index (χ2v) is 3.27. The molecule has 2 rings (SSSR count). The molecule has 1 aromatic heterocycles. The van der Waals surface area contributed by atoms with Crippen LogP contribution < -0.4 is 16.0 Å². The number of carbonyl (C=O) groups is 1. The van der Waals surface area contributed by atoms with E-state index in [-0.39, 0.29) is 11.4 Å². The molecule has 0 aliphatic rings. The molecule has 0 saturated carbocycles. The van der Waals surface area contributed by atoms with E-state index >= 15 is 0 Å². The van der Waals surface area contributed by atoms with Crippen LogP contribution in [-0.4, -0.2) is 16.1 Å². The molecule has 0 bridgehead atoms. The predicted octanol–water partition coefficient (Wildman–Crippen LogP) is -0.748. The van der Waals surface area contributed by atoms with Gasteiger partial charge in [-0.1, -0.05) is 12.1 Å².